The molecule has 4 rings (SSSR count). The van der Waals surface area contributed by atoms with Gasteiger partial charge in [0.1, 0.15) is 4.91 Å². The van der Waals surface area contributed by atoms with Gasteiger partial charge in [-0.15, -0.1) is 0 Å². The number of benzene rings is 4. The Labute approximate surface area is 174 Å². The number of hydrogen-bond donors (Lipinski definition) is 2. The van der Waals surface area contributed by atoms with Crippen molar-refractivity contribution < 1.29 is 15.5 Å². The van der Waals surface area contributed by atoms with Gasteiger partial charge in [-0.2, -0.15) is 0 Å². The maximum absolute atomic E-state index is 8.47. The molecule has 144 valence electrons. The fourth-order valence-electron chi connectivity index (χ4n) is 3.50. The molecule has 29 heavy (non-hydrogen) atoms. The van der Waals surface area contributed by atoms with Crippen molar-refractivity contribution in [2.75, 3.05) is 0 Å². The van der Waals surface area contributed by atoms with E-state index in [2.05, 4.69) is 121 Å². The third-order valence-electron chi connectivity index (χ3n) is 4.57. The second kappa shape index (κ2) is 9.90. The average Bonchev–Trinajstić information content (AvgIpc) is 2.77. The van der Waals surface area contributed by atoms with Gasteiger partial charge in [-0.1, -0.05) is 0 Å². The normalized spacial score (nSPS) is 10.5. The maximum atomic E-state index is 8.47. The SMILES string of the molecule is O=[N+](O)O.c1cc[c]([Sb+]([c]2ccccc2)([c]2ccccc2)[c]2ccccc2)cc1. The Hall–Kier alpha value is -3.10. The van der Waals surface area contributed by atoms with Crippen LogP contribution in [-0.2, 0) is 0 Å². The standard InChI is InChI=1S/4C6H5.H2NO3.Sb/c4*1-2-4-6-5-3-1;2-1(3)4;/h4*1-5H;(H2,2,3,4);/q;;;;2*+1. The van der Waals surface area contributed by atoms with Crippen LogP contribution in [0.25, 0.3) is 0 Å². The zero-order valence-corrected chi connectivity index (χ0v) is 18.3. The topological polar surface area (TPSA) is 60.5 Å². The molecular weight excluding hydrogens is 472 g/mol. The summed E-state index contributed by atoms with van der Waals surface area (Å²) in [4.78, 5) is 8.47. The van der Waals surface area contributed by atoms with Gasteiger partial charge in [-0.05, 0) is 0 Å². The summed E-state index contributed by atoms with van der Waals surface area (Å²) in [5.74, 6) is 0. The Morgan fingerprint density at radius 2 is 0.621 bits per heavy atom. The van der Waals surface area contributed by atoms with Crippen molar-refractivity contribution in [3.63, 3.8) is 0 Å². The Kier molecular flexibility index (Phi) is 7.04. The second-order valence-corrected chi connectivity index (χ2v) is 16.0. The molecule has 0 heterocycles. The van der Waals surface area contributed by atoms with Crippen molar-refractivity contribution >= 4 is 32.8 Å². The molecule has 0 unspecified atom stereocenters. The van der Waals surface area contributed by atoms with E-state index in [4.69, 9.17) is 15.3 Å². The molecular formula is C24H22NO3Sb+2. The van der Waals surface area contributed by atoms with E-state index < -0.39 is 23.9 Å². The van der Waals surface area contributed by atoms with E-state index in [9.17, 15) is 0 Å². The van der Waals surface area contributed by atoms with Gasteiger partial charge in [-0.3, -0.25) is 0 Å². The van der Waals surface area contributed by atoms with Gasteiger partial charge in [-0.25, -0.2) is 10.4 Å². The third-order valence-corrected chi connectivity index (χ3v) is 16.8. The first-order valence-corrected chi connectivity index (χ1v) is 14.2. The molecule has 0 atom stereocenters. The van der Waals surface area contributed by atoms with Crippen LogP contribution in [0.1, 0.15) is 0 Å². The summed E-state index contributed by atoms with van der Waals surface area (Å²) >= 11 is -3.17. The number of hydrogen-bond acceptors (Lipinski definition) is 1. The van der Waals surface area contributed by atoms with E-state index in [1.54, 1.807) is 0 Å². The quantitative estimate of drug-likeness (QED) is 0.339. The van der Waals surface area contributed by atoms with Crippen LogP contribution < -0.4 is 14.0 Å². The minimum atomic E-state index is -3.17. The minimum absolute atomic E-state index is 1.25. The van der Waals surface area contributed by atoms with Crippen LogP contribution in [0.4, 0.5) is 0 Å². The van der Waals surface area contributed by atoms with Crippen LogP contribution in [0.5, 0.6) is 0 Å². The summed E-state index contributed by atoms with van der Waals surface area (Å²) in [5.41, 5.74) is 0. The molecule has 4 aromatic rings. The van der Waals surface area contributed by atoms with Crippen molar-refractivity contribution in [3.8, 4) is 0 Å². The molecule has 4 nitrogen and oxygen atoms in total. The molecule has 2 N–H and O–H groups in total. The van der Waals surface area contributed by atoms with E-state index in [0.29, 0.717) is 0 Å². The van der Waals surface area contributed by atoms with Crippen LogP contribution in [0, 0.1) is 4.91 Å². The van der Waals surface area contributed by atoms with Crippen LogP contribution in [0.15, 0.2) is 121 Å². The predicted molar refractivity (Wildman–Crippen MR) is 117 cm³/mol. The van der Waals surface area contributed by atoms with Gasteiger partial charge in [0.25, 0.3) is 0 Å². The summed E-state index contributed by atoms with van der Waals surface area (Å²) in [6, 6.07) is 44.4. The second-order valence-electron chi connectivity index (χ2n) is 6.27. The van der Waals surface area contributed by atoms with E-state index in [1.807, 2.05) is 0 Å². The van der Waals surface area contributed by atoms with Crippen molar-refractivity contribution in [2.45, 2.75) is 0 Å². The zero-order chi connectivity index (χ0) is 20.5. The molecule has 0 aromatic heterocycles. The monoisotopic (exact) mass is 493 g/mol. The van der Waals surface area contributed by atoms with Crippen molar-refractivity contribution in [1.29, 1.82) is 0 Å². The molecule has 0 aliphatic heterocycles. The molecule has 4 aromatic carbocycles. The van der Waals surface area contributed by atoms with E-state index in [1.165, 1.54) is 14.0 Å². The molecule has 0 saturated carbocycles. The number of rotatable bonds is 4. The summed E-state index contributed by atoms with van der Waals surface area (Å²) < 4.78 is 5.91. The fourth-order valence-corrected chi connectivity index (χ4v) is 15.7. The molecule has 0 aliphatic carbocycles. The molecule has 0 bridgehead atoms. The first-order valence-electron chi connectivity index (χ1n) is 9.12. The van der Waals surface area contributed by atoms with Gasteiger partial charge in [0.05, 0.1) is 0 Å². The van der Waals surface area contributed by atoms with E-state index in [-0.39, 0.29) is 0 Å². The molecule has 0 radical (unpaired) electrons. The molecule has 0 aliphatic rings. The predicted octanol–water partition coefficient (Wildman–Crippen LogP) is 2.61. The van der Waals surface area contributed by atoms with Crippen molar-refractivity contribution in [3.05, 3.63) is 126 Å². The van der Waals surface area contributed by atoms with Crippen LogP contribution in [0.3, 0.4) is 0 Å². The van der Waals surface area contributed by atoms with Crippen LogP contribution >= 0.6 is 0 Å². The summed E-state index contributed by atoms with van der Waals surface area (Å²) in [6.45, 7) is 0. The summed E-state index contributed by atoms with van der Waals surface area (Å²) in [5, 5.41) is 12.5. The Morgan fingerprint density at radius 3 is 0.793 bits per heavy atom. The number of nitrogens with zero attached hydrogens (tertiary/aromatic N) is 1. The van der Waals surface area contributed by atoms with E-state index >= 15 is 0 Å². The molecule has 0 saturated heterocycles. The van der Waals surface area contributed by atoms with E-state index in [0.717, 1.165) is 0 Å². The Balaban J connectivity index is 0.000000552. The molecule has 0 spiro atoms. The van der Waals surface area contributed by atoms with Gasteiger partial charge < -0.3 is 0 Å². The zero-order valence-electron chi connectivity index (χ0n) is 15.7. The van der Waals surface area contributed by atoms with Crippen molar-refractivity contribution in [1.82, 2.24) is 0 Å². The van der Waals surface area contributed by atoms with Gasteiger partial charge in [0, 0.05) is 0 Å². The fraction of sp³-hybridized carbons (Fsp3) is 0. The van der Waals surface area contributed by atoms with Gasteiger partial charge in [0.2, 0.25) is 0 Å². The Morgan fingerprint density at radius 1 is 0.448 bits per heavy atom. The van der Waals surface area contributed by atoms with Crippen LogP contribution in [0.2, 0.25) is 0 Å². The molecule has 0 fully saturated rings. The first kappa shape index (κ1) is 20.6. The van der Waals surface area contributed by atoms with Gasteiger partial charge in [0.15, 0.2) is 0 Å². The molecule has 0 amide bonds. The molecule has 5 heteroatoms. The third kappa shape index (κ3) is 4.67. The Bertz CT molecular complexity index is 859. The first-order chi connectivity index (χ1) is 14.2. The van der Waals surface area contributed by atoms with Gasteiger partial charge >= 0.3 is 159 Å². The average molecular weight is 494 g/mol. The summed E-state index contributed by atoms with van der Waals surface area (Å²) in [6.07, 6.45) is 0. The van der Waals surface area contributed by atoms with Crippen molar-refractivity contribution in [2.24, 2.45) is 0 Å². The summed E-state index contributed by atoms with van der Waals surface area (Å²) in [7, 11) is 0. The van der Waals surface area contributed by atoms with Crippen LogP contribution in [-0.4, -0.2) is 34.3 Å².